The molecule has 6 heteroatoms. The minimum absolute atomic E-state index is 0.322. The fourth-order valence-corrected chi connectivity index (χ4v) is 4.37. The number of rotatable bonds is 7. The second-order valence-electron chi connectivity index (χ2n) is 6.92. The average molecular weight is 374 g/mol. The van der Waals surface area contributed by atoms with Crippen molar-refractivity contribution in [2.24, 2.45) is 0 Å². The van der Waals surface area contributed by atoms with Gasteiger partial charge >= 0.3 is 0 Å². The summed E-state index contributed by atoms with van der Waals surface area (Å²) < 4.78 is 28.0. The van der Waals surface area contributed by atoms with Crippen LogP contribution in [-0.2, 0) is 22.9 Å². The summed E-state index contributed by atoms with van der Waals surface area (Å²) in [5, 5.41) is 0. The Morgan fingerprint density at radius 3 is 2.58 bits per heavy atom. The normalized spacial score (nSPS) is 13.9. The van der Waals surface area contributed by atoms with Crippen LogP contribution < -0.4 is 9.62 Å². The van der Waals surface area contributed by atoms with E-state index in [4.69, 9.17) is 0 Å². The largest absolute Gasteiger partial charge is 0.360 e. The van der Waals surface area contributed by atoms with Crippen LogP contribution >= 0.6 is 0 Å². The molecular formula is C20H27N3O2S. The number of nitrogens with one attached hydrogen (secondary N) is 1. The van der Waals surface area contributed by atoms with Crippen molar-refractivity contribution >= 4 is 21.5 Å². The number of sulfonamides is 1. The van der Waals surface area contributed by atoms with E-state index in [-0.39, 0.29) is 0 Å². The lowest BCUT2D eigenvalue weighted by Gasteiger charge is -2.18. The third-order valence-corrected chi connectivity index (χ3v) is 6.25. The first kappa shape index (κ1) is 18.7. The number of hydrogen-bond donors (Lipinski definition) is 1. The molecule has 0 fully saturated rings. The monoisotopic (exact) mass is 373 g/mol. The molecule has 1 aliphatic carbocycles. The summed E-state index contributed by atoms with van der Waals surface area (Å²) in [4.78, 5) is 6.77. The van der Waals surface area contributed by atoms with Gasteiger partial charge in [0.1, 0.15) is 5.82 Å². The number of aromatic nitrogens is 1. The van der Waals surface area contributed by atoms with Gasteiger partial charge in [0.25, 0.3) is 10.0 Å². The first-order valence-electron chi connectivity index (χ1n) is 9.31. The van der Waals surface area contributed by atoms with Gasteiger partial charge in [0.05, 0.1) is 16.8 Å². The quantitative estimate of drug-likeness (QED) is 0.797. The van der Waals surface area contributed by atoms with Crippen LogP contribution in [0.1, 0.15) is 43.7 Å². The van der Waals surface area contributed by atoms with E-state index in [9.17, 15) is 8.42 Å². The van der Waals surface area contributed by atoms with Gasteiger partial charge in [0.2, 0.25) is 0 Å². The van der Waals surface area contributed by atoms with Gasteiger partial charge in [-0.25, -0.2) is 13.4 Å². The Balaban J connectivity index is 1.73. The zero-order valence-corrected chi connectivity index (χ0v) is 16.3. The maximum Gasteiger partial charge on any atom is 0.261 e. The Morgan fingerprint density at radius 2 is 1.88 bits per heavy atom. The first-order valence-corrected chi connectivity index (χ1v) is 10.8. The molecule has 1 heterocycles. The predicted octanol–water partition coefficient (Wildman–Crippen LogP) is 4.00. The van der Waals surface area contributed by atoms with Crippen LogP contribution in [0.4, 0.5) is 11.5 Å². The second-order valence-corrected chi connectivity index (χ2v) is 8.61. The smallest absolute Gasteiger partial charge is 0.261 e. The van der Waals surface area contributed by atoms with Gasteiger partial charge < -0.3 is 4.90 Å². The molecule has 1 aromatic carbocycles. The number of hydrogen-bond acceptors (Lipinski definition) is 4. The van der Waals surface area contributed by atoms with Crippen LogP contribution in [0.25, 0.3) is 0 Å². The molecule has 0 radical (unpaired) electrons. The molecular weight excluding hydrogens is 346 g/mol. The second kappa shape index (κ2) is 8.08. The Bertz CT molecular complexity index is 848. The topological polar surface area (TPSA) is 62.3 Å². The van der Waals surface area contributed by atoms with Gasteiger partial charge in [-0.15, -0.1) is 0 Å². The molecule has 5 nitrogen and oxygen atoms in total. The molecule has 0 aliphatic heterocycles. The third kappa shape index (κ3) is 4.36. The first-order chi connectivity index (χ1) is 12.5. The van der Waals surface area contributed by atoms with E-state index in [1.807, 2.05) is 25.2 Å². The Morgan fingerprint density at radius 1 is 1.12 bits per heavy atom. The predicted molar refractivity (Wildman–Crippen MR) is 106 cm³/mol. The molecule has 0 atom stereocenters. The lowest BCUT2D eigenvalue weighted by atomic mass is 9.92. The van der Waals surface area contributed by atoms with E-state index in [1.54, 1.807) is 18.3 Å². The number of fused-ring (bicyclic) bond motifs is 1. The standard InChI is InChI=1S/C20H27N3O2S/c1-3-4-13-23(2)20-12-10-18(15-21-20)22-26(24,25)19-11-9-16-7-5-6-8-17(16)14-19/h9-12,14-15,22H,3-8,13H2,1-2H3. The van der Waals surface area contributed by atoms with E-state index in [0.29, 0.717) is 10.6 Å². The van der Waals surface area contributed by atoms with Crippen LogP contribution in [0.3, 0.4) is 0 Å². The highest BCUT2D eigenvalue weighted by atomic mass is 32.2. The van der Waals surface area contributed by atoms with Gasteiger partial charge in [-0.05, 0) is 67.5 Å². The lowest BCUT2D eigenvalue weighted by Crippen LogP contribution is -2.19. The average Bonchev–Trinajstić information content (AvgIpc) is 2.66. The molecule has 26 heavy (non-hydrogen) atoms. The molecule has 0 saturated heterocycles. The van der Waals surface area contributed by atoms with Crippen molar-refractivity contribution in [1.82, 2.24) is 4.98 Å². The lowest BCUT2D eigenvalue weighted by molar-refractivity contribution is 0.600. The highest BCUT2D eigenvalue weighted by Crippen LogP contribution is 2.25. The minimum Gasteiger partial charge on any atom is -0.360 e. The summed E-state index contributed by atoms with van der Waals surface area (Å²) in [7, 11) is -1.60. The summed E-state index contributed by atoms with van der Waals surface area (Å²) in [6, 6.07) is 9.08. The Labute approximate surface area is 156 Å². The van der Waals surface area contributed by atoms with Gasteiger partial charge in [-0.3, -0.25) is 4.72 Å². The maximum atomic E-state index is 12.7. The van der Waals surface area contributed by atoms with E-state index in [2.05, 4.69) is 21.5 Å². The maximum absolute atomic E-state index is 12.7. The number of aryl methyl sites for hydroxylation is 2. The summed E-state index contributed by atoms with van der Waals surface area (Å²) in [6.45, 7) is 3.09. The Hall–Kier alpha value is -2.08. The van der Waals surface area contributed by atoms with Crippen molar-refractivity contribution in [3.05, 3.63) is 47.7 Å². The highest BCUT2D eigenvalue weighted by molar-refractivity contribution is 7.92. The van der Waals surface area contributed by atoms with Crippen LogP contribution in [0.15, 0.2) is 41.4 Å². The summed E-state index contributed by atoms with van der Waals surface area (Å²) in [6.07, 6.45) is 8.11. The number of unbranched alkanes of at least 4 members (excludes halogenated alkanes) is 1. The summed E-state index contributed by atoms with van der Waals surface area (Å²) in [5.74, 6) is 0.843. The van der Waals surface area contributed by atoms with Gasteiger partial charge in [0.15, 0.2) is 0 Å². The fourth-order valence-electron chi connectivity index (χ4n) is 3.27. The van der Waals surface area contributed by atoms with E-state index < -0.39 is 10.0 Å². The zero-order valence-electron chi connectivity index (χ0n) is 15.5. The van der Waals surface area contributed by atoms with Gasteiger partial charge in [0, 0.05) is 13.6 Å². The summed E-state index contributed by atoms with van der Waals surface area (Å²) in [5.41, 5.74) is 2.91. The van der Waals surface area contributed by atoms with E-state index in [1.165, 1.54) is 12.0 Å². The van der Waals surface area contributed by atoms with Crippen LogP contribution in [0.2, 0.25) is 0 Å². The Kier molecular flexibility index (Phi) is 5.81. The third-order valence-electron chi connectivity index (χ3n) is 4.87. The molecule has 1 aliphatic rings. The highest BCUT2D eigenvalue weighted by Gasteiger charge is 2.18. The number of pyridine rings is 1. The molecule has 1 N–H and O–H groups in total. The van der Waals surface area contributed by atoms with Crippen LogP contribution in [0.5, 0.6) is 0 Å². The number of nitrogens with zero attached hydrogens (tertiary/aromatic N) is 2. The van der Waals surface area contributed by atoms with Crippen molar-refractivity contribution in [1.29, 1.82) is 0 Å². The van der Waals surface area contributed by atoms with Gasteiger partial charge in [-0.1, -0.05) is 19.4 Å². The minimum atomic E-state index is -3.60. The molecule has 0 unspecified atom stereocenters. The zero-order chi connectivity index (χ0) is 18.6. The summed E-state index contributed by atoms with van der Waals surface area (Å²) >= 11 is 0. The van der Waals surface area contributed by atoms with Crippen molar-refractivity contribution in [3.63, 3.8) is 0 Å². The van der Waals surface area contributed by atoms with Crippen LogP contribution in [0, 0.1) is 0 Å². The van der Waals surface area contributed by atoms with Crippen molar-refractivity contribution in [3.8, 4) is 0 Å². The van der Waals surface area contributed by atoms with E-state index >= 15 is 0 Å². The molecule has 1 aromatic heterocycles. The molecule has 0 amide bonds. The number of anilines is 2. The van der Waals surface area contributed by atoms with Crippen LogP contribution in [-0.4, -0.2) is 27.0 Å². The van der Waals surface area contributed by atoms with Gasteiger partial charge in [-0.2, -0.15) is 0 Å². The van der Waals surface area contributed by atoms with Crippen molar-refractivity contribution in [2.75, 3.05) is 23.2 Å². The van der Waals surface area contributed by atoms with Crippen molar-refractivity contribution < 1.29 is 8.42 Å². The molecule has 3 rings (SSSR count). The SMILES string of the molecule is CCCCN(C)c1ccc(NS(=O)(=O)c2ccc3c(c2)CCCC3)cn1. The molecule has 140 valence electrons. The number of benzene rings is 1. The fraction of sp³-hybridized carbons (Fsp3) is 0.450. The molecule has 0 saturated carbocycles. The molecule has 0 bridgehead atoms. The molecule has 2 aromatic rings. The van der Waals surface area contributed by atoms with E-state index in [0.717, 1.165) is 50.0 Å². The molecule has 0 spiro atoms. The van der Waals surface area contributed by atoms with Crippen molar-refractivity contribution in [2.45, 2.75) is 50.3 Å².